The van der Waals surface area contributed by atoms with Crippen molar-refractivity contribution < 1.29 is 19.1 Å². The minimum Gasteiger partial charge on any atom is -0.466 e. The lowest BCUT2D eigenvalue weighted by Gasteiger charge is -2.36. The van der Waals surface area contributed by atoms with Crippen LogP contribution in [-0.2, 0) is 19.1 Å². The van der Waals surface area contributed by atoms with Crippen LogP contribution in [0.3, 0.4) is 0 Å². The Labute approximate surface area is 215 Å². The fourth-order valence-corrected chi connectivity index (χ4v) is 6.06. The molecule has 2 amide bonds. The Bertz CT molecular complexity index is 921. The Kier molecular flexibility index (Phi) is 9.10. The lowest BCUT2D eigenvalue weighted by atomic mass is 9.98. The van der Waals surface area contributed by atoms with E-state index in [1.54, 1.807) is 17.9 Å². The highest BCUT2D eigenvalue weighted by molar-refractivity contribution is 7.99. The Morgan fingerprint density at radius 2 is 1.71 bits per heavy atom. The van der Waals surface area contributed by atoms with Crippen LogP contribution >= 0.6 is 23.4 Å². The van der Waals surface area contributed by atoms with Gasteiger partial charge < -0.3 is 19.4 Å². The molecule has 1 aliphatic carbocycles. The van der Waals surface area contributed by atoms with E-state index in [-0.39, 0.29) is 29.5 Å². The van der Waals surface area contributed by atoms with Gasteiger partial charge in [0.2, 0.25) is 11.8 Å². The first-order chi connectivity index (χ1) is 16.9. The molecule has 0 radical (unpaired) electrons. The number of aromatic nitrogens is 2. The summed E-state index contributed by atoms with van der Waals surface area (Å²) >= 11 is 7.53. The van der Waals surface area contributed by atoms with E-state index in [0.717, 1.165) is 38.5 Å². The van der Waals surface area contributed by atoms with Crippen LogP contribution in [0.4, 0.5) is 5.82 Å². The second kappa shape index (κ2) is 12.3. The molecule has 0 aromatic carbocycles. The summed E-state index contributed by atoms with van der Waals surface area (Å²) in [7, 11) is 0. The average Bonchev–Trinajstić information content (AvgIpc) is 3.42. The lowest BCUT2D eigenvalue weighted by Crippen LogP contribution is -2.50. The van der Waals surface area contributed by atoms with E-state index in [1.807, 2.05) is 4.90 Å². The van der Waals surface area contributed by atoms with Crippen molar-refractivity contribution in [3.05, 3.63) is 11.2 Å². The molecule has 1 aromatic rings. The fourth-order valence-electron chi connectivity index (χ4n) is 5.07. The first kappa shape index (κ1) is 26.0. The van der Waals surface area contributed by atoms with Gasteiger partial charge in [0.05, 0.1) is 18.3 Å². The van der Waals surface area contributed by atoms with Crippen molar-refractivity contribution in [2.24, 2.45) is 11.8 Å². The van der Waals surface area contributed by atoms with Crippen molar-refractivity contribution >= 4 is 47.0 Å². The third-order valence-corrected chi connectivity index (χ3v) is 8.03. The number of carbonyl (C=O) groups excluding carboxylic acids is 3. The molecule has 3 fully saturated rings. The molecule has 192 valence electrons. The van der Waals surface area contributed by atoms with Crippen molar-refractivity contribution in [3.8, 4) is 0 Å². The van der Waals surface area contributed by atoms with E-state index in [1.165, 1.54) is 11.8 Å². The number of thioether (sulfide) groups is 1. The van der Waals surface area contributed by atoms with Crippen LogP contribution in [0, 0.1) is 11.8 Å². The molecule has 0 spiro atoms. The van der Waals surface area contributed by atoms with E-state index in [2.05, 4.69) is 14.9 Å². The van der Waals surface area contributed by atoms with Crippen molar-refractivity contribution in [3.63, 3.8) is 0 Å². The highest BCUT2D eigenvalue weighted by atomic mass is 35.5. The monoisotopic (exact) mass is 523 g/mol. The smallest absolute Gasteiger partial charge is 0.310 e. The van der Waals surface area contributed by atoms with Crippen LogP contribution in [0.25, 0.3) is 0 Å². The first-order valence-electron chi connectivity index (χ1n) is 12.6. The number of hydrogen-bond donors (Lipinski definition) is 0. The van der Waals surface area contributed by atoms with Gasteiger partial charge in [-0.3, -0.25) is 14.4 Å². The third-order valence-electron chi connectivity index (χ3n) is 7.00. The molecule has 3 heterocycles. The predicted molar refractivity (Wildman–Crippen MR) is 134 cm³/mol. The topological polar surface area (TPSA) is 95.9 Å². The van der Waals surface area contributed by atoms with Gasteiger partial charge in [-0.25, -0.2) is 9.97 Å². The highest BCUT2D eigenvalue weighted by Gasteiger charge is 2.31. The molecule has 2 aliphatic heterocycles. The molecule has 0 bridgehead atoms. The molecule has 11 heteroatoms. The van der Waals surface area contributed by atoms with Gasteiger partial charge in [-0.15, -0.1) is 0 Å². The lowest BCUT2D eigenvalue weighted by molar-refractivity contribution is -0.151. The molecule has 35 heavy (non-hydrogen) atoms. The van der Waals surface area contributed by atoms with E-state index in [4.69, 9.17) is 16.3 Å². The summed E-state index contributed by atoms with van der Waals surface area (Å²) in [5, 5.41) is 0.777. The molecule has 0 N–H and O–H groups in total. The standard InChI is InChI=1S/C24H34ClN5O4S/c1-2-34-23(33)18-8-5-9-30(15-18)21(31)16-35-24-26-19(25)14-20(27-24)28-10-12-29(13-11-28)22(32)17-6-3-4-7-17/h14,17-18H,2-13,15-16H2,1H3. The van der Waals surface area contributed by atoms with Gasteiger partial charge in [-0.05, 0) is 32.6 Å². The zero-order valence-electron chi connectivity index (χ0n) is 20.3. The summed E-state index contributed by atoms with van der Waals surface area (Å²) in [5.41, 5.74) is 0. The summed E-state index contributed by atoms with van der Waals surface area (Å²) in [6.07, 6.45) is 5.87. The fraction of sp³-hybridized carbons (Fsp3) is 0.708. The molecule has 1 atom stereocenters. The summed E-state index contributed by atoms with van der Waals surface area (Å²) in [5.74, 6) is 0.848. The quantitative estimate of drug-likeness (QED) is 0.233. The van der Waals surface area contributed by atoms with Crippen LogP contribution < -0.4 is 4.90 Å². The number of hydrogen-bond acceptors (Lipinski definition) is 8. The number of halogens is 1. The van der Waals surface area contributed by atoms with Crippen LogP contribution in [0.5, 0.6) is 0 Å². The number of piperidine rings is 1. The number of carbonyl (C=O) groups is 3. The number of nitrogens with zero attached hydrogens (tertiary/aromatic N) is 5. The molecule has 1 unspecified atom stereocenters. The third kappa shape index (κ3) is 6.78. The van der Waals surface area contributed by atoms with Crippen molar-refractivity contribution in [2.45, 2.75) is 50.6 Å². The predicted octanol–water partition coefficient (Wildman–Crippen LogP) is 2.86. The first-order valence-corrected chi connectivity index (χ1v) is 14.0. The van der Waals surface area contributed by atoms with Crippen molar-refractivity contribution in [1.29, 1.82) is 0 Å². The van der Waals surface area contributed by atoms with E-state index >= 15 is 0 Å². The molecule has 9 nitrogen and oxygen atoms in total. The molecule has 3 aliphatic rings. The molecule has 2 saturated heterocycles. The van der Waals surface area contributed by atoms with Crippen molar-refractivity contribution in [1.82, 2.24) is 19.8 Å². The van der Waals surface area contributed by atoms with Gasteiger partial charge in [-0.1, -0.05) is 36.2 Å². The number of rotatable bonds is 7. The Morgan fingerprint density at radius 3 is 2.43 bits per heavy atom. The summed E-state index contributed by atoms with van der Waals surface area (Å²) < 4.78 is 5.13. The van der Waals surface area contributed by atoms with Crippen LogP contribution in [0.1, 0.15) is 45.4 Å². The number of anilines is 1. The SMILES string of the molecule is CCOC(=O)C1CCCN(C(=O)CSc2nc(Cl)cc(N3CCN(C(=O)C4CCCC4)CC3)n2)C1. The minimum atomic E-state index is -0.258. The van der Waals surface area contributed by atoms with Crippen LogP contribution in [0.15, 0.2) is 11.2 Å². The van der Waals surface area contributed by atoms with Gasteiger partial charge in [0.15, 0.2) is 5.16 Å². The summed E-state index contributed by atoms with van der Waals surface area (Å²) in [6.45, 7) is 5.90. The minimum absolute atomic E-state index is 0.0480. The molecule has 4 rings (SSSR count). The van der Waals surface area contributed by atoms with Crippen LogP contribution in [0.2, 0.25) is 5.15 Å². The number of likely N-dealkylation sites (tertiary alicyclic amines) is 1. The van der Waals surface area contributed by atoms with E-state index in [9.17, 15) is 14.4 Å². The zero-order valence-corrected chi connectivity index (χ0v) is 21.9. The van der Waals surface area contributed by atoms with Gasteiger partial charge in [0.25, 0.3) is 0 Å². The second-order valence-electron chi connectivity index (χ2n) is 9.34. The van der Waals surface area contributed by atoms with Gasteiger partial charge in [0, 0.05) is 51.3 Å². The Hall–Kier alpha value is -2.07. The number of esters is 1. The normalized spacial score (nSPS) is 21.3. The Balaban J connectivity index is 1.29. The van der Waals surface area contributed by atoms with Gasteiger partial charge in [0.1, 0.15) is 11.0 Å². The van der Waals surface area contributed by atoms with Gasteiger partial charge >= 0.3 is 5.97 Å². The van der Waals surface area contributed by atoms with E-state index < -0.39 is 0 Å². The summed E-state index contributed by atoms with van der Waals surface area (Å²) in [4.78, 5) is 52.3. The van der Waals surface area contributed by atoms with E-state index in [0.29, 0.717) is 67.9 Å². The maximum atomic E-state index is 12.8. The second-order valence-corrected chi connectivity index (χ2v) is 10.7. The number of ether oxygens (including phenoxy) is 1. The largest absolute Gasteiger partial charge is 0.466 e. The number of piperazine rings is 1. The maximum Gasteiger partial charge on any atom is 0.310 e. The average molecular weight is 524 g/mol. The highest BCUT2D eigenvalue weighted by Crippen LogP contribution is 2.28. The van der Waals surface area contributed by atoms with Gasteiger partial charge in [-0.2, -0.15) is 0 Å². The Morgan fingerprint density at radius 1 is 1.00 bits per heavy atom. The molecule has 1 saturated carbocycles. The van der Waals surface area contributed by atoms with Crippen molar-refractivity contribution in [2.75, 3.05) is 56.5 Å². The molecular formula is C24H34ClN5O4S. The van der Waals surface area contributed by atoms with Crippen LogP contribution in [-0.4, -0.2) is 89.2 Å². The zero-order chi connectivity index (χ0) is 24.8. The molecule has 1 aromatic heterocycles. The molecular weight excluding hydrogens is 490 g/mol. The maximum absolute atomic E-state index is 12.8. The summed E-state index contributed by atoms with van der Waals surface area (Å²) in [6, 6.07) is 1.73. The number of amides is 2.